The number of aryl methyl sites for hydroxylation is 1. The summed E-state index contributed by atoms with van der Waals surface area (Å²) in [5.74, 6) is 2.35. The van der Waals surface area contributed by atoms with E-state index in [0.717, 1.165) is 30.9 Å². The predicted molar refractivity (Wildman–Crippen MR) is 65.3 cm³/mol. The summed E-state index contributed by atoms with van der Waals surface area (Å²) in [4.78, 5) is 0. The number of hydrogen-bond donors (Lipinski definition) is 2. The molecule has 0 amide bonds. The van der Waals surface area contributed by atoms with Crippen molar-refractivity contribution in [2.45, 2.75) is 39.7 Å². The van der Waals surface area contributed by atoms with E-state index in [9.17, 15) is 0 Å². The Morgan fingerprint density at radius 1 is 1.38 bits per heavy atom. The largest absolute Gasteiger partial charge is 0.465 e. The highest BCUT2D eigenvalue weighted by Gasteiger charge is 2.08. The van der Waals surface area contributed by atoms with Gasteiger partial charge in [-0.2, -0.15) is 0 Å². The molecule has 0 spiro atoms. The molecular formula is C13H23NO2. The summed E-state index contributed by atoms with van der Waals surface area (Å²) in [6.45, 7) is 7.38. The molecule has 0 saturated heterocycles. The van der Waals surface area contributed by atoms with Crippen molar-refractivity contribution in [2.24, 2.45) is 5.92 Å². The van der Waals surface area contributed by atoms with E-state index in [-0.39, 0.29) is 12.6 Å². The molecule has 2 atom stereocenters. The van der Waals surface area contributed by atoms with E-state index < -0.39 is 0 Å². The zero-order valence-electron chi connectivity index (χ0n) is 10.5. The Bertz CT molecular complexity index is 296. The second-order valence-corrected chi connectivity index (χ2v) is 4.55. The van der Waals surface area contributed by atoms with Gasteiger partial charge in [-0.25, -0.2) is 0 Å². The van der Waals surface area contributed by atoms with Gasteiger partial charge in [-0.05, 0) is 51.3 Å². The van der Waals surface area contributed by atoms with Gasteiger partial charge >= 0.3 is 0 Å². The third kappa shape index (κ3) is 4.37. The van der Waals surface area contributed by atoms with Gasteiger partial charge in [0.05, 0.1) is 6.04 Å². The van der Waals surface area contributed by atoms with Crippen LogP contribution in [0.1, 0.15) is 44.3 Å². The first-order valence-electron chi connectivity index (χ1n) is 6.04. The molecule has 2 unspecified atom stereocenters. The summed E-state index contributed by atoms with van der Waals surface area (Å²) < 4.78 is 5.54. The number of hydrogen-bond acceptors (Lipinski definition) is 3. The number of aliphatic hydroxyl groups excluding tert-OH is 1. The molecule has 0 aliphatic carbocycles. The standard InChI is InChI=1S/C13H23NO2/c1-10(9-15)5-4-8-14-12(3)13-7-6-11(2)16-13/h6-7,10,12,14-15H,4-5,8-9H2,1-3H3. The van der Waals surface area contributed by atoms with E-state index in [1.54, 1.807) is 0 Å². The molecule has 92 valence electrons. The van der Waals surface area contributed by atoms with Gasteiger partial charge in [-0.1, -0.05) is 6.92 Å². The van der Waals surface area contributed by atoms with Crippen LogP contribution in [-0.2, 0) is 0 Å². The van der Waals surface area contributed by atoms with Crippen LogP contribution in [0.15, 0.2) is 16.5 Å². The molecule has 0 radical (unpaired) electrons. The lowest BCUT2D eigenvalue weighted by Gasteiger charge is -2.12. The Morgan fingerprint density at radius 2 is 2.12 bits per heavy atom. The molecule has 1 aromatic rings. The molecule has 1 aromatic heterocycles. The number of aliphatic hydroxyl groups is 1. The van der Waals surface area contributed by atoms with Crippen LogP contribution in [0.5, 0.6) is 0 Å². The molecule has 2 N–H and O–H groups in total. The van der Waals surface area contributed by atoms with Gasteiger partial charge in [-0.15, -0.1) is 0 Å². The van der Waals surface area contributed by atoms with Crippen LogP contribution in [0.4, 0.5) is 0 Å². The summed E-state index contributed by atoms with van der Waals surface area (Å²) in [7, 11) is 0. The summed E-state index contributed by atoms with van der Waals surface area (Å²) in [5, 5.41) is 12.3. The fourth-order valence-corrected chi connectivity index (χ4v) is 1.65. The molecule has 0 bridgehead atoms. The molecule has 0 saturated carbocycles. The average Bonchev–Trinajstić information content (AvgIpc) is 2.70. The van der Waals surface area contributed by atoms with E-state index >= 15 is 0 Å². The van der Waals surface area contributed by atoms with E-state index in [2.05, 4.69) is 19.2 Å². The van der Waals surface area contributed by atoms with Crippen molar-refractivity contribution in [2.75, 3.05) is 13.2 Å². The van der Waals surface area contributed by atoms with Crippen LogP contribution < -0.4 is 5.32 Å². The molecule has 1 rings (SSSR count). The second-order valence-electron chi connectivity index (χ2n) is 4.55. The number of rotatable bonds is 7. The van der Waals surface area contributed by atoms with E-state index in [1.165, 1.54) is 0 Å². The van der Waals surface area contributed by atoms with Crippen molar-refractivity contribution in [3.8, 4) is 0 Å². The second kappa shape index (κ2) is 6.71. The minimum atomic E-state index is 0.262. The smallest absolute Gasteiger partial charge is 0.120 e. The van der Waals surface area contributed by atoms with Crippen LogP contribution >= 0.6 is 0 Å². The third-order valence-electron chi connectivity index (χ3n) is 2.82. The average molecular weight is 225 g/mol. The molecule has 3 nitrogen and oxygen atoms in total. The van der Waals surface area contributed by atoms with E-state index in [0.29, 0.717) is 5.92 Å². The summed E-state index contributed by atoms with van der Waals surface area (Å²) in [6, 6.07) is 4.27. The van der Waals surface area contributed by atoms with Gasteiger partial charge in [0.25, 0.3) is 0 Å². The van der Waals surface area contributed by atoms with Crippen molar-refractivity contribution >= 4 is 0 Å². The molecule has 16 heavy (non-hydrogen) atoms. The maximum Gasteiger partial charge on any atom is 0.120 e. The van der Waals surface area contributed by atoms with Crippen LogP contribution in [0, 0.1) is 12.8 Å². The number of nitrogens with one attached hydrogen (secondary N) is 1. The van der Waals surface area contributed by atoms with E-state index in [4.69, 9.17) is 9.52 Å². The van der Waals surface area contributed by atoms with Crippen molar-refractivity contribution in [1.29, 1.82) is 0 Å². The summed E-state index contributed by atoms with van der Waals surface area (Å²) in [5.41, 5.74) is 0. The highest BCUT2D eigenvalue weighted by molar-refractivity contribution is 5.08. The lowest BCUT2D eigenvalue weighted by molar-refractivity contribution is 0.227. The quantitative estimate of drug-likeness (QED) is 0.701. The van der Waals surface area contributed by atoms with Gasteiger partial charge in [0, 0.05) is 6.61 Å². The van der Waals surface area contributed by atoms with Gasteiger partial charge < -0.3 is 14.8 Å². The lowest BCUT2D eigenvalue weighted by Crippen LogP contribution is -2.20. The fraction of sp³-hybridized carbons (Fsp3) is 0.692. The van der Waals surface area contributed by atoms with Crippen LogP contribution in [0.3, 0.4) is 0 Å². The first-order valence-corrected chi connectivity index (χ1v) is 6.04. The van der Waals surface area contributed by atoms with Crippen molar-refractivity contribution in [3.63, 3.8) is 0 Å². The summed E-state index contributed by atoms with van der Waals surface area (Å²) in [6.07, 6.45) is 2.15. The Morgan fingerprint density at radius 3 is 2.69 bits per heavy atom. The predicted octanol–water partition coefficient (Wildman–Crippen LogP) is 2.65. The molecular weight excluding hydrogens is 202 g/mol. The van der Waals surface area contributed by atoms with Crippen molar-refractivity contribution in [1.82, 2.24) is 5.32 Å². The SMILES string of the molecule is Cc1ccc(C(C)NCCCC(C)CO)o1. The fourth-order valence-electron chi connectivity index (χ4n) is 1.65. The molecule has 0 aliphatic rings. The molecule has 0 aromatic carbocycles. The zero-order chi connectivity index (χ0) is 12.0. The highest BCUT2D eigenvalue weighted by atomic mass is 16.3. The maximum atomic E-state index is 8.89. The Kier molecular flexibility index (Phi) is 5.56. The Balaban J connectivity index is 2.18. The van der Waals surface area contributed by atoms with Gasteiger partial charge in [0.1, 0.15) is 11.5 Å². The normalized spacial score (nSPS) is 15.0. The van der Waals surface area contributed by atoms with Gasteiger partial charge in [0.15, 0.2) is 0 Å². The Hall–Kier alpha value is -0.800. The third-order valence-corrected chi connectivity index (χ3v) is 2.82. The Labute approximate surface area is 97.9 Å². The monoisotopic (exact) mass is 225 g/mol. The molecule has 0 fully saturated rings. The van der Waals surface area contributed by atoms with Gasteiger partial charge in [0.2, 0.25) is 0 Å². The first-order chi connectivity index (χ1) is 7.63. The highest BCUT2D eigenvalue weighted by Crippen LogP contribution is 2.15. The molecule has 1 heterocycles. The van der Waals surface area contributed by atoms with E-state index in [1.807, 2.05) is 19.1 Å². The van der Waals surface area contributed by atoms with Gasteiger partial charge in [-0.3, -0.25) is 0 Å². The van der Waals surface area contributed by atoms with Crippen LogP contribution in [0.25, 0.3) is 0 Å². The summed E-state index contributed by atoms with van der Waals surface area (Å²) >= 11 is 0. The topological polar surface area (TPSA) is 45.4 Å². The zero-order valence-corrected chi connectivity index (χ0v) is 10.5. The van der Waals surface area contributed by atoms with Crippen LogP contribution in [-0.4, -0.2) is 18.3 Å². The first kappa shape index (κ1) is 13.3. The number of furan rings is 1. The van der Waals surface area contributed by atoms with Crippen LogP contribution in [0.2, 0.25) is 0 Å². The van der Waals surface area contributed by atoms with Crippen molar-refractivity contribution < 1.29 is 9.52 Å². The maximum absolute atomic E-state index is 8.89. The minimum absolute atomic E-state index is 0.262. The molecule has 3 heteroatoms. The lowest BCUT2D eigenvalue weighted by atomic mass is 10.1. The minimum Gasteiger partial charge on any atom is -0.465 e. The molecule has 0 aliphatic heterocycles. The van der Waals surface area contributed by atoms with Crippen molar-refractivity contribution in [3.05, 3.63) is 23.7 Å².